The van der Waals surface area contributed by atoms with E-state index >= 15 is 0 Å². The van der Waals surface area contributed by atoms with Crippen LogP contribution in [0.1, 0.15) is 11.3 Å². The first-order valence-corrected chi connectivity index (χ1v) is 6.74. The van der Waals surface area contributed by atoms with E-state index in [1.54, 1.807) is 7.11 Å². The van der Waals surface area contributed by atoms with E-state index in [4.69, 9.17) is 9.73 Å². The molecule has 0 bridgehead atoms. The van der Waals surface area contributed by atoms with E-state index in [9.17, 15) is 0 Å². The Bertz CT molecular complexity index is 699. The van der Waals surface area contributed by atoms with E-state index in [1.165, 1.54) is 22.2 Å². The minimum Gasteiger partial charge on any atom is -0.497 e. The predicted molar refractivity (Wildman–Crippen MR) is 76.2 cm³/mol. The number of aliphatic imine (C=N–C) groups is 1. The summed E-state index contributed by atoms with van der Waals surface area (Å²) in [5.41, 5.74) is 4.06. The van der Waals surface area contributed by atoms with Crippen molar-refractivity contribution < 1.29 is 4.74 Å². The van der Waals surface area contributed by atoms with E-state index in [1.807, 2.05) is 0 Å². The Hall–Kier alpha value is -1.97. The Morgan fingerprint density at radius 1 is 1.26 bits per heavy atom. The summed E-state index contributed by atoms with van der Waals surface area (Å²) in [5, 5.41) is 1.36. The molecule has 1 aromatic heterocycles. The van der Waals surface area contributed by atoms with Crippen molar-refractivity contribution >= 4 is 16.7 Å². The minimum absolute atomic E-state index is 0.868. The molecule has 0 atom stereocenters. The number of rotatable bonds is 1. The molecule has 0 saturated heterocycles. The average molecular weight is 255 g/mol. The molecule has 0 radical (unpaired) electrons. The van der Waals surface area contributed by atoms with E-state index < -0.39 is 0 Å². The number of methoxy groups -OCH3 is 1. The van der Waals surface area contributed by atoms with Crippen molar-refractivity contribution in [1.29, 1.82) is 0 Å². The second-order valence-corrected chi connectivity index (χ2v) is 5.24. The lowest BCUT2D eigenvalue weighted by atomic mass is 10.0. The van der Waals surface area contributed by atoms with Gasteiger partial charge in [0.05, 0.1) is 24.9 Å². The summed E-state index contributed by atoms with van der Waals surface area (Å²) in [4.78, 5) is 6.98. The third kappa shape index (κ3) is 1.37. The zero-order valence-electron chi connectivity index (χ0n) is 11.3. The van der Waals surface area contributed by atoms with Crippen LogP contribution < -0.4 is 4.74 Å². The number of hydrogen-bond donors (Lipinski definition) is 0. The van der Waals surface area contributed by atoms with Gasteiger partial charge in [0, 0.05) is 31.6 Å². The maximum Gasteiger partial charge on any atom is 0.148 e. The van der Waals surface area contributed by atoms with Crippen LogP contribution in [-0.4, -0.2) is 42.5 Å². The van der Waals surface area contributed by atoms with Gasteiger partial charge in [-0.1, -0.05) is 0 Å². The highest BCUT2D eigenvalue weighted by Gasteiger charge is 2.29. The molecule has 0 amide bonds. The number of fused-ring (bicyclic) bond motifs is 3. The molecule has 2 aliphatic rings. The van der Waals surface area contributed by atoms with Gasteiger partial charge in [0.1, 0.15) is 11.6 Å². The van der Waals surface area contributed by atoms with Crippen LogP contribution in [0.15, 0.2) is 23.2 Å². The molecule has 19 heavy (non-hydrogen) atoms. The van der Waals surface area contributed by atoms with Crippen LogP contribution in [0.4, 0.5) is 0 Å². The average Bonchev–Trinajstić information content (AvgIpc) is 2.78. The van der Waals surface area contributed by atoms with Gasteiger partial charge in [0.2, 0.25) is 0 Å². The van der Waals surface area contributed by atoms with Crippen LogP contribution in [0.25, 0.3) is 10.9 Å². The highest BCUT2D eigenvalue weighted by molar-refractivity contribution is 6.06. The van der Waals surface area contributed by atoms with Crippen molar-refractivity contribution in [1.82, 2.24) is 9.47 Å². The lowest BCUT2D eigenvalue weighted by Crippen LogP contribution is -2.38. The minimum atomic E-state index is 0.868. The molecule has 0 spiro atoms. The van der Waals surface area contributed by atoms with Gasteiger partial charge >= 0.3 is 0 Å². The van der Waals surface area contributed by atoms with Gasteiger partial charge in [-0.3, -0.25) is 4.99 Å². The molecule has 4 nitrogen and oxygen atoms in total. The van der Waals surface area contributed by atoms with Gasteiger partial charge in [-0.25, -0.2) is 0 Å². The molecule has 1 aromatic carbocycles. The van der Waals surface area contributed by atoms with Gasteiger partial charge in [-0.2, -0.15) is 0 Å². The molecule has 0 unspecified atom stereocenters. The number of nitrogens with zero attached hydrogens (tertiary/aromatic N) is 3. The smallest absolute Gasteiger partial charge is 0.148 e. The van der Waals surface area contributed by atoms with Crippen LogP contribution in [0.2, 0.25) is 0 Å². The SMILES string of the molecule is COc1ccc2c3c4n(c2c1)CCN=C4N(C)CC3. The maximum absolute atomic E-state index is 5.37. The summed E-state index contributed by atoms with van der Waals surface area (Å²) in [7, 11) is 3.86. The number of amidine groups is 1. The van der Waals surface area contributed by atoms with Gasteiger partial charge in [-0.05, 0) is 24.1 Å². The Morgan fingerprint density at radius 2 is 2.16 bits per heavy atom. The topological polar surface area (TPSA) is 29.8 Å². The van der Waals surface area contributed by atoms with Crippen molar-refractivity contribution in [2.75, 3.05) is 27.2 Å². The van der Waals surface area contributed by atoms with Crippen LogP contribution in [-0.2, 0) is 13.0 Å². The Morgan fingerprint density at radius 3 is 3.00 bits per heavy atom. The fraction of sp³-hybridized carbons (Fsp3) is 0.400. The number of aromatic nitrogens is 1. The van der Waals surface area contributed by atoms with Crippen LogP contribution in [0, 0.1) is 0 Å². The second-order valence-electron chi connectivity index (χ2n) is 5.24. The molecule has 0 fully saturated rings. The molecule has 98 valence electrons. The summed E-state index contributed by atoms with van der Waals surface area (Å²) >= 11 is 0. The van der Waals surface area contributed by atoms with Gasteiger partial charge < -0.3 is 14.2 Å². The van der Waals surface area contributed by atoms with E-state index in [-0.39, 0.29) is 0 Å². The maximum atomic E-state index is 5.37. The van der Waals surface area contributed by atoms with Crippen molar-refractivity contribution in [2.45, 2.75) is 13.0 Å². The Balaban J connectivity index is 2.07. The molecule has 2 aliphatic heterocycles. The van der Waals surface area contributed by atoms with Crippen LogP contribution in [0.3, 0.4) is 0 Å². The van der Waals surface area contributed by atoms with E-state index in [0.717, 1.165) is 37.6 Å². The van der Waals surface area contributed by atoms with E-state index in [2.05, 4.69) is 34.7 Å². The molecule has 3 heterocycles. The highest BCUT2D eigenvalue weighted by Crippen LogP contribution is 2.34. The second kappa shape index (κ2) is 3.76. The van der Waals surface area contributed by atoms with Gasteiger partial charge in [-0.15, -0.1) is 0 Å². The molecule has 4 rings (SSSR count). The standard InChI is InChI=1S/C15H17N3O/c1-17-7-5-12-11-4-3-10(19-2)9-13(11)18-8-6-16-15(17)14(12)18/h3-4,9H,5-8H2,1-2H3. The van der Waals surface area contributed by atoms with Crippen LogP contribution in [0.5, 0.6) is 5.75 Å². The number of likely N-dealkylation sites (N-methyl/N-ethyl adjacent to an activating group) is 1. The normalized spacial score (nSPS) is 17.4. The summed E-state index contributed by atoms with van der Waals surface area (Å²) in [6.07, 6.45) is 1.10. The first-order chi connectivity index (χ1) is 9.29. The molecule has 2 aromatic rings. The summed E-state index contributed by atoms with van der Waals surface area (Å²) < 4.78 is 7.77. The number of hydrogen-bond acceptors (Lipinski definition) is 3. The fourth-order valence-electron chi connectivity index (χ4n) is 3.29. The summed E-state index contributed by atoms with van der Waals surface area (Å²) in [6, 6.07) is 6.40. The zero-order chi connectivity index (χ0) is 13.0. The number of ether oxygens (including phenoxy) is 1. The third-order valence-electron chi connectivity index (χ3n) is 4.23. The molecular formula is C15H17N3O. The lowest BCUT2D eigenvalue weighted by molar-refractivity contribution is 0.415. The van der Waals surface area contributed by atoms with Crippen LogP contribution >= 0.6 is 0 Å². The molecule has 0 saturated carbocycles. The van der Waals surface area contributed by atoms with E-state index in [0.29, 0.717) is 0 Å². The highest BCUT2D eigenvalue weighted by atomic mass is 16.5. The van der Waals surface area contributed by atoms with Crippen molar-refractivity contribution in [3.63, 3.8) is 0 Å². The fourth-order valence-corrected chi connectivity index (χ4v) is 3.29. The first kappa shape index (κ1) is 10.9. The Kier molecular flexibility index (Phi) is 2.16. The molecule has 0 aliphatic carbocycles. The Labute approximate surface area is 112 Å². The van der Waals surface area contributed by atoms with Crippen molar-refractivity contribution in [2.24, 2.45) is 4.99 Å². The van der Waals surface area contributed by atoms with Crippen molar-refractivity contribution in [3.05, 3.63) is 29.5 Å². The predicted octanol–water partition coefficient (Wildman–Crippen LogP) is 1.90. The lowest BCUT2D eigenvalue weighted by Gasteiger charge is -2.30. The van der Waals surface area contributed by atoms with Crippen molar-refractivity contribution in [3.8, 4) is 5.75 Å². The molecule has 4 heteroatoms. The van der Waals surface area contributed by atoms with Gasteiger partial charge in [0.25, 0.3) is 0 Å². The van der Waals surface area contributed by atoms with Gasteiger partial charge in [0.15, 0.2) is 0 Å². The zero-order valence-corrected chi connectivity index (χ0v) is 11.3. The molecular weight excluding hydrogens is 238 g/mol. The monoisotopic (exact) mass is 255 g/mol. The largest absolute Gasteiger partial charge is 0.497 e. The number of benzene rings is 1. The summed E-state index contributed by atoms with van der Waals surface area (Å²) in [5.74, 6) is 2.08. The summed E-state index contributed by atoms with van der Waals surface area (Å²) in [6.45, 7) is 2.89. The first-order valence-electron chi connectivity index (χ1n) is 6.74. The third-order valence-corrected chi connectivity index (χ3v) is 4.23. The molecule has 0 N–H and O–H groups in total. The quantitative estimate of drug-likeness (QED) is 0.779.